The van der Waals surface area contributed by atoms with Gasteiger partial charge in [0.15, 0.2) is 23.3 Å². The number of hydrogen-bond acceptors (Lipinski definition) is 12. The van der Waals surface area contributed by atoms with Crippen LogP contribution in [-0.4, -0.2) is 106 Å². The number of aliphatic hydroxyl groups is 4. The molecule has 4 N–H and O–H groups in total. The van der Waals surface area contributed by atoms with Crippen molar-refractivity contribution < 1.29 is 58.5 Å². The fourth-order valence-corrected chi connectivity index (χ4v) is 8.81. The molecule has 5 rings (SSSR count). The van der Waals surface area contributed by atoms with Crippen LogP contribution in [0.1, 0.15) is 48.0 Å². The van der Waals surface area contributed by atoms with Crippen LogP contribution in [0.25, 0.3) is 0 Å². The zero-order chi connectivity index (χ0) is 33.5. The first-order valence-corrected chi connectivity index (χ1v) is 15.5. The van der Waals surface area contributed by atoms with E-state index in [4.69, 9.17) is 23.7 Å². The largest absolute Gasteiger partial charge is 0.455 e. The van der Waals surface area contributed by atoms with E-state index in [1.165, 1.54) is 39.4 Å². The van der Waals surface area contributed by atoms with E-state index in [1.807, 2.05) is 20.8 Å². The fraction of sp³-hybridized carbons (Fsp3) is 0.727. The number of carbonyl (C=O) groups excluding carboxylic acids is 3. The third-order valence-corrected chi connectivity index (χ3v) is 11.6. The van der Waals surface area contributed by atoms with Gasteiger partial charge in [-0.3, -0.25) is 9.59 Å². The Kier molecular flexibility index (Phi) is 8.34. The summed E-state index contributed by atoms with van der Waals surface area (Å²) in [5.41, 5.74) is -8.46. The minimum Gasteiger partial charge on any atom is -0.455 e. The second-order valence-electron chi connectivity index (χ2n) is 13.9. The highest BCUT2D eigenvalue weighted by Gasteiger charge is 2.93. The second kappa shape index (κ2) is 11.1. The van der Waals surface area contributed by atoms with Gasteiger partial charge in [-0.05, 0) is 25.0 Å². The molecule has 0 aromatic heterocycles. The number of hydrogen-bond donors (Lipinski definition) is 4. The molecule has 45 heavy (non-hydrogen) atoms. The molecule has 12 nitrogen and oxygen atoms in total. The quantitative estimate of drug-likeness (QED) is 0.0881. The van der Waals surface area contributed by atoms with E-state index in [0.717, 1.165) is 0 Å². The second-order valence-corrected chi connectivity index (χ2v) is 13.9. The van der Waals surface area contributed by atoms with E-state index in [2.05, 4.69) is 0 Å². The summed E-state index contributed by atoms with van der Waals surface area (Å²) >= 11 is 0. The van der Waals surface area contributed by atoms with Crippen molar-refractivity contribution in [2.24, 2.45) is 35.0 Å². The summed E-state index contributed by atoms with van der Waals surface area (Å²) in [7, 11) is 2.93. The third-order valence-electron chi connectivity index (χ3n) is 11.6. The first kappa shape index (κ1) is 33.9. The number of ether oxygens (including phenoxy) is 5. The Balaban J connectivity index is 1.63. The highest BCUT2D eigenvalue weighted by molar-refractivity contribution is 6.05. The van der Waals surface area contributed by atoms with Crippen molar-refractivity contribution >= 4 is 17.7 Å². The van der Waals surface area contributed by atoms with Gasteiger partial charge in [-0.15, -0.1) is 0 Å². The van der Waals surface area contributed by atoms with Gasteiger partial charge in [0.05, 0.1) is 24.2 Å². The van der Waals surface area contributed by atoms with Gasteiger partial charge in [0.2, 0.25) is 0 Å². The van der Waals surface area contributed by atoms with E-state index < -0.39 is 106 Å². The predicted octanol–water partition coefficient (Wildman–Crippen LogP) is 0.991. The topological polar surface area (TPSA) is 182 Å². The zero-order valence-electron chi connectivity index (χ0n) is 27.1. The van der Waals surface area contributed by atoms with Crippen molar-refractivity contribution in [3.63, 3.8) is 0 Å². The molecule has 1 aliphatic heterocycles. The van der Waals surface area contributed by atoms with Crippen molar-refractivity contribution in [3.8, 4) is 0 Å². The molecule has 0 aromatic rings. The number of carbonyl (C=O) groups is 3. The van der Waals surface area contributed by atoms with E-state index in [-0.39, 0.29) is 5.57 Å². The Morgan fingerprint density at radius 3 is 2.38 bits per heavy atom. The molecule has 12 heteroatoms. The normalized spacial score (nSPS) is 44.9. The SMILES string of the molecule is CCC(C)C(=O)OC12C(OC(=O)/C=C/C=C/C(OC)OC)[C@@H](C)C3(O)[C@@H]4C=C(C)C(=O)C4(O)C(O)C4(CO)OC4[C@H]3[C@H]1C2(C)C. The Morgan fingerprint density at radius 1 is 1.16 bits per heavy atom. The molecule has 1 heterocycles. The van der Waals surface area contributed by atoms with Crippen LogP contribution in [0.15, 0.2) is 36.0 Å². The Hall–Kier alpha value is -2.45. The van der Waals surface area contributed by atoms with Crippen molar-refractivity contribution in [1.29, 1.82) is 0 Å². The van der Waals surface area contributed by atoms with E-state index in [1.54, 1.807) is 26.0 Å². The van der Waals surface area contributed by atoms with E-state index >= 15 is 0 Å². The van der Waals surface area contributed by atoms with Gasteiger partial charge in [-0.2, -0.15) is 0 Å². The molecule has 0 radical (unpaired) electrons. The number of allylic oxidation sites excluding steroid dienone is 2. The highest BCUT2D eigenvalue weighted by atomic mass is 16.7. The Bertz CT molecular complexity index is 1330. The van der Waals surface area contributed by atoms with Crippen LogP contribution in [-0.2, 0) is 38.1 Å². The predicted molar refractivity (Wildman–Crippen MR) is 157 cm³/mol. The standard InChI is InChI=1S/C33H46O12/c1-9-16(2)27(37)45-33-23(29(33,5)6)22-26-30(15-34,44-26)28(38)32(40)19(14-17(3)24(32)36)31(22,39)18(4)25(33)43-20(35)12-10-11-13-21(41-7)42-8/h10-14,16,18-19,21-23,25-26,28,34,38-40H,9,15H2,1-8H3/b12-10+,13-11+/t16?,18-,19+,22-,23+,25?,26?,28?,30?,31?,32?,33?/m1/s1. The maximum absolute atomic E-state index is 13.5. The molecule has 3 saturated carbocycles. The average molecular weight is 635 g/mol. The molecule has 0 bridgehead atoms. The average Bonchev–Trinajstić information content (AvgIpc) is 3.84. The van der Waals surface area contributed by atoms with E-state index in [9.17, 15) is 34.8 Å². The van der Waals surface area contributed by atoms with Gasteiger partial charge in [-0.1, -0.05) is 52.8 Å². The smallest absolute Gasteiger partial charge is 0.331 e. The number of methoxy groups -OCH3 is 2. The monoisotopic (exact) mass is 634 g/mol. The van der Waals surface area contributed by atoms with Crippen molar-refractivity contribution in [2.75, 3.05) is 20.8 Å². The summed E-state index contributed by atoms with van der Waals surface area (Å²) < 4.78 is 28.6. The van der Waals surface area contributed by atoms with Crippen LogP contribution in [0.4, 0.5) is 0 Å². The lowest BCUT2D eigenvalue weighted by Gasteiger charge is -2.53. The number of epoxide rings is 1. The molecule has 1 saturated heterocycles. The van der Waals surface area contributed by atoms with Gasteiger partial charge >= 0.3 is 11.9 Å². The van der Waals surface area contributed by atoms with Gasteiger partial charge in [0.1, 0.15) is 17.8 Å². The number of rotatable bonds is 10. The summed E-state index contributed by atoms with van der Waals surface area (Å²) in [4.78, 5) is 40.3. The van der Waals surface area contributed by atoms with Crippen LogP contribution in [0, 0.1) is 35.0 Å². The molecular formula is C33H46O12. The van der Waals surface area contributed by atoms with Gasteiger partial charge in [0.25, 0.3) is 0 Å². The van der Waals surface area contributed by atoms with Gasteiger partial charge in [0, 0.05) is 49.4 Å². The summed E-state index contributed by atoms with van der Waals surface area (Å²) in [5.74, 6) is -6.58. The Morgan fingerprint density at radius 2 is 1.80 bits per heavy atom. The number of fused-ring (bicyclic) bond motifs is 7. The number of esters is 2. The van der Waals surface area contributed by atoms with Crippen molar-refractivity contribution in [1.82, 2.24) is 0 Å². The molecular weight excluding hydrogens is 588 g/mol. The lowest BCUT2D eigenvalue weighted by molar-refractivity contribution is -0.244. The summed E-state index contributed by atoms with van der Waals surface area (Å²) in [6.07, 6.45) is 2.94. The maximum atomic E-state index is 13.5. The molecule has 12 atom stereocenters. The van der Waals surface area contributed by atoms with E-state index in [0.29, 0.717) is 6.42 Å². The third kappa shape index (κ3) is 4.33. The lowest BCUT2D eigenvalue weighted by Crippen LogP contribution is -2.69. The Labute approximate surface area is 263 Å². The van der Waals surface area contributed by atoms with Crippen LogP contribution in [0.3, 0.4) is 0 Å². The number of ketones is 1. The number of aliphatic hydroxyl groups excluding tert-OH is 2. The fourth-order valence-electron chi connectivity index (χ4n) is 8.81. The van der Waals surface area contributed by atoms with Gasteiger partial charge in [-0.25, -0.2) is 4.79 Å². The molecule has 0 amide bonds. The zero-order valence-corrected chi connectivity index (χ0v) is 27.1. The van der Waals surface area contributed by atoms with Gasteiger partial charge < -0.3 is 44.1 Å². The maximum Gasteiger partial charge on any atom is 0.331 e. The minimum absolute atomic E-state index is 0.136. The molecule has 250 valence electrons. The minimum atomic E-state index is -2.52. The highest BCUT2D eigenvalue weighted by Crippen LogP contribution is 2.80. The molecule has 4 fully saturated rings. The van der Waals surface area contributed by atoms with Crippen LogP contribution in [0.2, 0.25) is 0 Å². The van der Waals surface area contributed by atoms with Crippen molar-refractivity contribution in [3.05, 3.63) is 36.0 Å². The molecule has 5 aliphatic rings. The van der Waals surface area contributed by atoms with Crippen LogP contribution in [0.5, 0.6) is 0 Å². The number of Topliss-reactive ketones (excluding diaryl/α,β-unsaturated/α-hetero) is 1. The van der Waals surface area contributed by atoms with Crippen LogP contribution < -0.4 is 0 Å². The van der Waals surface area contributed by atoms with Crippen molar-refractivity contribution in [2.45, 2.75) is 95.0 Å². The lowest BCUT2D eigenvalue weighted by atomic mass is 9.58. The summed E-state index contributed by atoms with van der Waals surface area (Å²) in [6.45, 7) is 9.64. The first-order valence-electron chi connectivity index (χ1n) is 15.5. The first-order chi connectivity index (χ1) is 21.0. The molecule has 8 unspecified atom stereocenters. The summed E-state index contributed by atoms with van der Waals surface area (Å²) in [6, 6.07) is 0. The van der Waals surface area contributed by atoms with Crippen LogP contribution >= 0.6 is 0 Å². The molecule has 0 spiro atoms. The molecule has 4 aliphatic carbocycles. The summed E-state index contributed by atoms with van der Waals surface area (Å²) in [5, 5.41) is 47.1. The molecule has 0 aromatic carbocycles.